The van der Waals surface area contributed by atoms with E-state index < -0.39 is 0 Å². The smallest absolute Gasteiger partial charge is 0.230 e. The van der Waals surface area contributed by atoms with Crippen molar-refractivity contribution in [2.24, 2.45) is 0 Å². The third-order valence-electron chi connectivity index (χ3n) is 3.17. The SMILES string of the molecule is COc1ccc(CSCC(=O)NCCOc2ccc(F)cc2)cc1. The molecule has 0 saturated heterocycles. The lowest BCUT2D eigenvalue weighted by Crippen LogP contribution is -2.29. The van der Waals surface area contributed by atoms with Crippen LogP contribution in [0.2, 0.25) is 0 Å². The van der Waals surface area contributed by atoms with Crippen LogP contribution in [0.15, 0.2) is 48.5 Å². The van der Waals surface area contributed by atoms with E-state index in [2.05, 4.69) is 5.32 Å². The first-order valence-electron chi connectivity index (χ1n) is 7.53. The maximum absolute atomic E-state index is 12.7. The first-order valence-corrected chi connectivity index (χ1v) is 8.68. The average molecular weight is 349 g/mol. The number of methoxy groups -OCH3 is 1. The lowest BCUT2D eigenvalue weighted by Gasteiger charge is -2.08. The molecule has 0 spiro atoms. The van der Waals surface area contributed by atoms with Gasteiger partial charge in [-0.25, -0.2) is 4.39 Å². The van der Waals surface area contributed by atoms with Gasteiger partial charge < -0.3 is 14.8 Å². The molecule has 0 aliphatic heterocycles. The molecule has 2 aromatic rings. The van der Waals surface area contributed by atoms with Crippen LogP contribution in [0.25, 0.3) is 0 Å². The quantitative estimate of drug-likeness (QED) is 0.706. The number of carbonyl (C=O) groups is 1. The van der Waals surface area contributed by atoms with Gasteiger partial charge in [-0.05, 0) is 42.0 Å². The van der Waals surface area contributed by atoms with Gasteiger partial charge in [0.25, 0.3) is 0 Å². The Bertz CT molecular complexity index is 632. The van der Waals surface area contributed by atoms with Gasteiger partial charge in [0.15, 0.2) is 0 Å². The van der Waals surface area contributed by atoms with Crippen LogP contribution in [0, 0.1) is 5.82 Å². The number of hydrogen-bond donors (Lipinski definition) is 1. The third-order valence-corrected chi connectivity index (χ3v) is 4.17. The van der Waals surface area contributed by atoms with E-state index in [0.29, 0.717) is 24.7 Å². The zero-order valence-electron chi connectivity index (χ0n) is 13.5. The van der Waals surface area contributed by atoms with E-state index in [-0.39, 0.29) is 11.7 Å². The monoisotopic (exact) mass is 349 g/mol. The molecule has 6 heteroatoms. The molecule has 0 heterocycles. The summed E-state index contributed by atoms with van der Waals surface area (Å²) in [6, 6.07) is 13.6. The van der Waals surface area contributed by atoms with E-state index in [4.69, 9.17) is 9.47 Å². The molecular weight excluding hydrogens is 329 g/mol. The van der Waals surface area contributed by atoms with Gasteiger partial charge in [-0.2, -0.15) is 0 Å². The van der Waals surface area contributed by atoms with E-state index in [9.17, 15) is 9.18 Å². The summed E-state index contributed by atoms with van der Waals surface area (Å²) in [4.78, 5) is 11.7. The zero-order valence-corrected chi connectivity index (χ0v) is 14.3. The molecule has 0 aromatic heterocycles. The van der Waals surface area contributed by atoms with Gasteiger partial charge in [0.2, 0.25) is 5.91 Å². The van der Waals surface area contributed by atoms with Crippen molar-refractivity contribution in [1.29, 1.82) is 0 Å². The fourth-order valence-corrected chi connectivity index (χ4v) is 2.74. The molecule has 0 bridgehead atoms. The highest BCUT2D eigenvalue weighted by atomic mass is 32.2. The summed E-state index contributed by atoms with van der Waals surface area (Å²) in [7, 11) is 1.63. The van der Waals surface area contributed by atoms with E-state index in [1.807, 2.05) is 24.3 Å². The lowest BCUT2D eigenvalue weighted by molar-refractivity contribution is -0.118. The fourth-order valence-electron chi connectivity index (χ4n) is 1.92. The number of rotatable bonds is 9. The fraction of sp³-hybridized carbons (Fsp3) is 0.278. The van der Waals surface area contributed by atoms with Gasteiger partial charge in [0, 0.05) is 5.75 Å². The molecule has 0 unspecified atom stereocenters. The number of carbonyl (C=O) groups excluding carboxylic acids is 1. The van der Waals surface area contributed by atoms with Gasteiger partial charge in [-0.3, -0.25) is 4.79 Å². The minimum Gasteiger partial charge on any atom is -0.497 e. The molecule has 2 rings (SSSR count). The second-order valence-electron chi connectivity index (χ2n) is 4.99. The van der Waals surface area contributed by atoms with Crippen molar-refractivity contribution in [3.05, 3.63) is 59.9 Å². The average Bonchev–Trinajstić information content (AvgIpc) is 2.61. The van der Waals surface area contributed by atoms with Crippen molar-refractivity contribution < 1.29 is 18.7 Å². The summed E-state index contributed by atoms with van der Waals surface area (Å²) in [6.07, 6.45) is 0. The minimum absolute atomic E-state index is 0.0313. The van der Waals surface area contributed by atoms with E-state index >= 15 is 0 Å². The van der Waals surface area contributed by atoms with E-state index in [1.165, 1.54) is 12.1 Å². The second kappa shape index (κ2) is 9.82. The molecule has 4 nitrogen and oxygen atoms in total. The Labute approximate surface area is 145 Å². The molecule has 0 saturated carbocycles. The van der Waals surface area contributed by atoms with Crippen LogP contribution in [0.4, 0.5) is 4.39 Å². The summed E-state index contributed by atoms with van der Waals surface area (Å²) in [5.41, 5.74) is 1.15. The molecule has 0 aliphatic carbocycles. The van der Waals surface area contributed by atoms with Gasteiger partial charge in [-0.1, -0.05) is 12.1 Å². The Hall–Kier alpha value is -2.21. The highest BCUT2D eigenvalue weighted by Gasteiger charge is 2.02. The number of hydrogen-bond acceptors (Lipinski definition) is 4. The normalized spacial score (nSPS) is 10.2. The van der Waals surface area contributed by atoms with E-state index in [0.717, 1.165) is 17.1 Å². The highest BCUT2D eigenvalue weighted by Crippen LogP contribution is 2.16. The van der Waals surface area contributed by atoms with Crippen molar-refractivity contribution in [2.45, 2.75) is 5.75 Å². The summed E-state index contributed by atoms with van der Waals surface area (Å²) in [6.45, 7) is 0.764. The predicted molar refractivity (Wildman–Crippen MR) is 94.1 cm³/mol. The summed E-state index contributed by atoms with van der Waals surface area (Å²) in [5, 5.41) is 2.79. The number of halogens is 1. The standard InChI is InChI=1S/C18H20FNO3S/c1-22-16-6-2-14(3-7-16)12-24-13-18(21)20-10-11-23-17-8-4-15(19)5-9-17/h2-9H,10-13H2,1H3,(H,20,21). The highest BCUT2D eigenvalue weighted by molar-refractivity contribution is 7.99. The lowest BCUT2D eigenvalue weighted by atomic mass is 10.2. The Morgan fingerprint density at radius 2 is 1.75 bits per heavy atom. The Morgan fingerprint density at radius 1 is 1.08 bits per heavy atom. The van der Waals surface area contributed by atoms with Crippen LogP contribution < -0.4 is 14.8 Å². The third kappa shape index (κ3) is 6.50. The number of ether oxygens (including phenoxy) is 2. The van der Waals surface area contributed by atoms with Crippen LogP contribution in [-0.2, 0) is 10.5 Å². The summed E-state index contributed by atoms with van der Waals surface area (Å²) in [5.74, 6) is 2.23. The van der Waals surface area contributed by atoms with Crippen LogP contribution >= 0.6 is 11.8 Å². The van der Waals surface area contributed by atoms with Crippen molar-refractivity contribution >= 4 is 17.7 Å². The maximum atomic E-state index is 12.7. The molecule has 24 heavy (non-hydrogen) atoms. The number of nitrogens with one attached hydrogen (secondary N) is 1. The molecule has 1 N–H and O–H groups in total. The molecular formula is C18H20FNO3S. The molecule has 2 aromatic carbocycles. The van der Waals surface area contributed by atoms with Crippen LogP contribution in [0.5, 0.6) is 11.5 Å². The van der Waals surface area contributed by atoms with Crippen molar-refractivity contribution in [1.82, 2.24) is 5.32 Å². The number of thioether (sulfide) groups is 1. The predicted octanol–water partition coefficient (Wildman–Crippen LogP) is 3.26. The molecule has 0 atom stereocenters. The Balaban J connectivity index is 1.56. The van der Waals surface area contributed by atoms with Crippen LogP contribution in [0.1, 0.15) is 5.56 Å². The topological polar surface area (TPSA) is 47.6 Å². The number of amides is 1. The molecule has 0 aliphatic rings. The Morgan fingerprint density at radius 3 is 2.42 bits per heavy atom. The Kier molecular flexibility index (Phi) is 7.42. The van der Waals surface area contributed by atoms with Crippen molar-refractivity contribution in [3.63, 3.8) is 0 Å². The molecule has 1 amide bonds. The first kappa shape index (κ1) is 18.1. The van der Waals surface area contributed by atoms with E-state index in [1.54, 1.807) is 31.0 Å². The number of benzene rings is 2. The summed E-state index contributed by atoms with van der Waals surface area (Å²) < 4.78 is 23.2. The summed E-state index contributed by atoms with van der Waals surface area (Å²) >= 11 is 1.55. The first-order chi connectivity index (χ1) is 11.7. The maximum Gasteiger partial charge on any atom is 0.230 e. The second-order valence-corrected chi connectivity index (χ2v) is 5.98. The van der Waals surface area contributed by atoms with Gasteiger partial charge >= 0.3 is 0 Å². The van der Waals surface area contributed by atoms with Crippen molar-refractivity contribution in [2.75, 3.05) is 26.0 Å². The van der Waals surface area contributed by atoms with Gasteiger partial charge in [0.1, 0.15) is 23.9 Å². The van der Waals surface area contributed by atoms with Crippen LogP contribution in [0.3, 0.4) is 0 Å². The van der Waals surface area contributed by atoms with Crippen molar-refractivity contribution in [3.8, 4) is 11.5 Å². The van der Waals surface area contributed by atoms with Crippen LogP contribution in [-0.4, -0.2) is 31.9 Å². The molecule has 128 valence electrons. The largest absolute Gasteiger partial charge is 0.497 e. The molecule has 0 radical (unpaired) electrons. The molecule has 0 fully saturated rings. The minimum atomic E-state index is -0.301. The zero-order chi connectivity index (χ0) is 17.2. The van der Waals surface area contributed by atoms with Gasteiger partial charge in [0.05, 0.1) is 19.4 Å². The van der Waals surface area contributed by atoms with Gasteiger partial charge in [-0.15, -0.1) is 11.8 Å².